The summed E-state index contributed by atoms with van der Waals surface area (Å²) < 4.78 is 0. The zero-order valence-corrected chi connectivity index (χ0v) is 8.96. The molecule has 0 saturated carbocycles. The summed E-state index contributed by atoms with van der Waals surface area (Å²) >= 11 is 0. The molecule has 1 saturated heterocycles. The molecule has 0 nitrogen and oxygen atoms in total. The zero-order valence-electron chi connectivity index (χ0n) is 7.32. The first-order valence-electron chi connectivity index (χ1n) is 4.15. The lowest BCUT2D eigenvalue weighted by molar-refractivity contribution is 1.15. The molecule has 1 aliphatic rings. The van der Waals surface area contributed by atoms with Gasteiger partial charge < -0.3 is 0 Å². The summed E-state index contributed by atoms with van der Waals surface area (Å²) in [6.45, 7) is 2.08. The van der Waals surface area contributed by atoms with Crippen molar-refractivity contribution in [3.8, 4) is 0 Å². The van der Waals surface area contributed by atoms with Gasteiger partial charge in [-0.1, -0.05) is 57.5 Å². The van der Waals surface area contributed by atoms with Gasteiger partial charge in [-0.2, -0.15) is 0 Å². The second-order valence-electron chi connectivity index (χ2n) is 2.65. The van der Waals surface area contributed by atoms with E-state index >= 15 is 0 Å². The quantitative estimate of drug-likeness (QED) is 0.582. The number of benzene rings is 1. The molecule has 0 amide bonds. The van der Waals surface area contributed by atoms with Gasteiger partial charge in [0.05, 0.1) is 0 Å². The van der Waals surface area contributed by atoms with Crippen molar-refractivity contribution in [1.82, 2.24) is 0 Å². The van der Waals surface area contributed by atoms with E-state index in [9.17, 15) is 0 Å². The average Bonchev–Trinajstić information content (AvgIpc) is 2.62. The van der Waals surface area contributed by atoms with Crippen LogP contribution in [0.15, 0.2) is 30.3 Å². The third-order valence-corrected chi connectivity index (χ3v) is 4.06. The SMILES string of the molecule is C1CSSC1.Cc1ccccc1. The molecule has 2 heteroatoms. The highest BCUT2D eigenvalue weighted by Crippen LogP contribution is 2.29. The van der Waals surface area contributed by atoms with Crippen LogP contribution in [0.3, 0.4) is 0 Å². The Hall–Kier alpha value is -0.0800. The number of hydrogen-bond acceptors (Lipinski definition) is 2. The van der Waals surface area contributed by atoms with Crippen molar-refractivity contribution >= 4 is 21.6 Å². The summed E-state index contributed by atoms with van der Waals surface area (Å²) in [7, 11) is 3.98. The fraction of sp³-hybridized carbons (Fsp3) is 0.400. The van der Waals surface area contributed by atoms with E-state index in [-0.39, 0.29) is 0 Å². The van der Waals surface area contributed by atoms with E-state index in [1.165, 1.54) is 23.5 Å². The minimum absolute atomic E-state index is 1.32. The Morgan fingerprint density at radius 1 is 1.00 bits per heavy atom. The summed E-state index contributed by atoms with van der Waals surface area (Å²) in [4.78, 5) is 0. The molecule has 1 fully saturated rings. The van der Waals surface area contributed by atoms with Crippen LogP contribution in [0.4, 0.5) is 0 Å². The molecule has 1 heterocycles. The third kappa shape index (κ3) is 4.73. The summed E-state index contributed by atoms with van der Waals surface area (Å²) in [5, 5.41) is 0. The lowest BCUT2D eigenvalue weighted by atomic mass is 10.2. The Bertz CT molecular complexity index is 185. The molecule has 66 valence electrons. The highest BCUT2D eigenvalue weighted by Gasteiger charge is 1.96. The van der Waals surface area contributed by atoms with Gasteiger partial charge in [-0.05, 0) is 13.3 Å². The van der Waals surface area contributed by atoms with Crippen LogP contribution in [0.5, 0.6) is 0 Å². The van der Waals surface area contributed by atoms with E-state index in [1.54, 1.807) is 0 Å². The van der Waals surface area contributed by atoms with Crippen molar-refractivity contribution in [3.63, 3.8) is 0 Å². The molecule has 0 bridgehead atoms. The van der Waals surface area contributed by atoms with Crippen molar-refractivity contribution in [2.75, 3.05) is 11.5 Å². The maximum absolute atomic E-state index is 2.08. The van der Waals surface area contributed by atoms with Gasteiger partial charge in [0, 0.05) is 11.5 Å². The molecule has 0 unspecified atom stereocenters. The molecular formula is C10H14S2. The molecule has 1 aromatic rings. The molecule has 0 spiro atoms. The van der Waals surface area contributed by atoms with E-state index in [0.29, 0.717) is 0 Å². The van der Waals surface area contributed by atoms with E-state index in [4.69, 9.17) is 0 Å². The van der Waals surface area contributed by atoms with E-state index in [1.807, 2.05) is 39.8 Å². The summed E-state index contributed by atoms with van der Waals surface area (Å²) in [6, 6.07) is 10.3. The first kappa shape index (κ1) is 10.0. The topological polar surface area (TPSA) is 0 Å². The lowest BCUT2D eigenvalue weighted by Crippen LogP contribution is -1.63. The van der Waals surface area contributed by atoms with E-state index < -0.39 is 0 Å². The van der Waals surface area contributed by atoms with Crippen molar-refractivity contribution in [2.45, 2.75) is 13.3 Å². The van der Waals surface area contributed by atoms with E-state index in [0.717, 1.165) is 0 Å². The van der Waals surface area contributed by atoms with Crippen molar-refractivity contribution < 1.29 is 0 Å². The molecule has 2 rings (SSSR count). The number of aryl methyl sites for hydroxylation is 1. The molecular weight excluding hydrogens is 184 g/mol. The standard InChI is InChI=1S/C7H8.C3H6S2/c1-7-5-3-2-4-6-7;1-2-4-5-3-1/h2-6H,1H3;1-3H2. The first-order valence-corrected chi connectivity index (χ1v) is 6.64. The Morgan fingerprint density at radius 2 is 1.58 bits per heavy atom. The highest BCUT2D eigenvalue weighted by atomic mass is 33.1. The van der Waals surface area contributed by atoms with Crippen LogP contribution < -0.4 is 0 Å². The fourth-order valence-corrected chi connectivity index (χ4v) is 3.19. The van der Waals surface area contributed by atoms with Crippen LogP contribution in [0, 0.1) is 6.92 Å². The van der Waals surface area contributed by atoms with Crippen LogP contribution >= 0.6 is 21.6 Å². The van der Waals surface area contributed by atoms with Crippen LogP contribution in [0.25, 0.3) is 0 Å². The molecule has 1 aromatic carbocycles. The molecule has 0 aliphatic carbocycles. The van der Waals surface area contributed by atoms with Crippen molar-refractivity contribution in [2.24, 2.45) is 0 Å². The summed E-state index contributed by atoms with van der Waals surface area (Å²) in [5.74, 6) is 2.76. The third-order valence-electron chi connectivity index (χ3n) is 1.48. The minimum Gasteiger partial charge on any atom is -0.0941 e. The molecule has 12 heavy (non-hydrogen) atoms. The van der Waals surface area contributed by atoms with Gasteiger partial charge in [0.15, 0.2) is 0 Å². The smallest absolute Gasteiger partial charge is 0.00450 e. The van der Waals surface area contributed by atoms with Gasteiger partial charge in [-0.3, -0.25) is 0 Å². The highest BCUT2D eigenvalue weighted by molar-refractivity contribution is 8.77. The van der Waals surface area contributed by atoms with Gasteiger partial charge in [0.2, 0.25) is 0 Å². The van der Waals surface area contributed by atoms with Crippen LogP contribution in [-0.4, -0.2) is 11.5 Å². The largest absolute Gasteiger partial charge is 0.0941 e. The predicted octanol–water partition coefficient (Wildman–Crippen LogP) is 3.77. The van der Waals surface area contributed by atoms with Gasteiger partial charge >= 0.3 is 0 Å². The Kier molecular flexibility index (Phi) is 5.37. The van der Waals surface area contributed by atoms with E-state index in [2.05, 4.69) is 19.1 Å². The first-order chi connectivity index (χ1) is 5.89. The van der Waals surface area contributed by atoms with Crippen LogP contribution in [-0.2, 0) is 0 Å². The zero-order chi connectivity index (χ0) is 8.65. The normalized spacial score (nSPS) is 15.1. The van der Waals surface area contributed by atoms with Gasteiger partial charge in [0.1, 0.15) is 0 Å². The molecule has 0 aromatic heterocycles. The molecule has 0 N–H and O–H groups in total. The number of rotatable bonds is 0. The second kappa shape index (κ2) is 6.44. The van der Waals surface area contributed by atoms with Gasteiger partial charge in [-0.25, -0.2) is 0 Å². The summed E-state index contributed by atoms with van der Waals surface area (Å²) in [6.07, 6.45) is 1.43. The van der Waals surface area contributed by atoms with Gasteiger partial charge in [-0.15, -0.1) is 0 Å². The Morgan fingerprint density at radius 3 is 1.83 bits per heavy atom. The fourth-order valence-electron chi connectivity index (χ4n) is 0.829. The molecule has 1 aliphatic heterocycles. The minimum atomic E-state index is 1.32. The second-order valence-corrected chi connectivity index (χ2v) is 5.35. The monoisotopic (exact) mass is 198 g/mol. The molecule has 0 atom stereocenters. The van der Waals surface area contributed by atoms with Crippen LogP contribution in [0.1, 0.15) is 12.0 Å². The Balaban J connectivity index is 0.000000127. The maximum Gasteiger partial charge on any atom is 0.00450 e. The maximum atomic E-state index is 2.08. The average molecular weight is 198 g/mol. The van der Waals surface area contributed by atoms with Crippen molar-refractivity contribution in [1.29, 1.82) is 0 Å². The van der Waals surface area contributed by atoms with Crippen LogP contribution in [0.2, 0.25) is 0 Å². The van der Waals surface area contributed by atoms with Crippen molar-refractivity contribution in [3.05, 3.63) is 35.9 Å². The lowest BCUT2D eigenvalue weighted by Gasteiger charge is -1.82. The Labute approximate surface area is 82.5 Å². The van der Waals surface area contributed by atoms with Gasteiger partial charge in [0.25, 0.3) is 0 Å². The summed E-state index contributed by atoms with van der Waals surface area (Å²) in [5.41, 5.74) is 1.32. The predicted molar refractivity (Wildman–Crippen MR) is 60.7 cm³/mol. The number of hydrogen-bond donors (Lipinski definition) is 0. The molecule has 0 radical (unpaired) electrons.